The van der Waals surface area contributed by atoms with Crippen LogP contribution in [0.2, 0.25) is 0 Å². The van der Waals surface area contributed by atoms with E-state index in [1.54, 1.807) is 0 Å². The standard InChI is InChI=1S/C17H30F3NO3S/c1-2-3-4-5-6-7-8-9-10-11-12-25-13-14(15(22)23)21-16(24)17(18,19)20/h14H,2-13H2,1H3,(H,21,24)(H,22,23). The van der Waals surface area contributed by atoms with Gasteiger partial charge in [-0.05, 0) is 12.2 Å². The molecule has 0 bridgehead atoms. The monoisotopic (exact) mass is 385 g/mol. The largest absolute Gasteiger partial charge is 0.480 e. The number of aliphatic carboxylic acids is 1. The lowest BCUT2D eigenvalue weighted by Crippen LogP contribution is -2.48. The summed E-state index contributed by atoms with van der Waals surface area (Å²) in [7, 11) is 0. The Balaban J connectivity index is 3.64. The molecular weight excluding hydrogens is 355 g/mol. The van der Waals surface area contributed by atoms with Gasteiger partial charge in [-0.2, -0.15) is 24.9 Å². The number of alkyl halides is 3. The van der Waals surface area contributed by atoms with Crippen LogP contribution in [0.1, 0.15) is 71.1 Å². The van der Waals surface area contributed by atoms with Crippen molar-refractivity contribution in [1.82, 2.24) is 5.32 Å². The fourth-order valence-electron chi connectivity index (χ4n) is 2.31. The van der Waals surface area contributed by atoms with Crippen LogP contribution in [0, 0.1) is 0 Å². The number of unbranched alkanes of at least 4 members (excludes halogenated alkanes) is 9. The Hall–Kier alpha value is -0.920. The van der Waals surface area contributed by atoms with E-state index in [1.165, 1.54) is 62.0 Å². The molecule has 1 amide bonds. The van der Waals surface area contributed by atoms with Crippen LogP contribution in [0.15, 0.2) is 0 Å². The fourth-order valence-corrected chi connectivity index (χ4v) is 3.34. The second kappa shape index (κ2) is 14.3. The highest BCUT2D eigenvalue weighted by molar-refractivity contribution is 7.99. The van der Waals surface area contributed by atoms with E-state index in [4.69, 9.17) is 5.11 Å². The minimum absolute atomic E-state index is 0.0609. The molecule has 1 atom stereocenters. The highest BCUT2D eigenvalue weighted by Crippen LogP contribution is 2.16. The van der Waals surface area contributed by atoms with Gasteiger partial charge in [0.05, 0.1) is 0 Å². The molecule has 0 saturated heterocycles. The van der Waals surface area contributed by atoms with Crippen molar-refractivity contribution in [2.75, 3.05) is 11.5 Å². The van der Waals surface area contributed by atoms with Gasteiger partial charge in [0.2, 0.25) is 0 Å². The maximum Gasteiger partial charge on any atom is 0.471 e. The zero-order valence-corrected chi connectivity index (χ0v) is 15.7. The summed E-state index contributed by atoms with van der Waals surface area (Å²) in [6, 6.07) is -1.51. The van der Waals surface area contributed by atoms with E-state index < -0.39 is 24.1 Å². The van der Waals surface area contributed by atoms with Crippen LogP contribution in [0.5, 0.6) is 0 Å². The number of carboxylic acid groups (broad SMARTS) is 1. The zero-order chi connectivity index (χ0) is 19.1. The number of thioether (sulfide) groups is 1. The molecule has 0 aromatic rings. The SMILES string of the molecule is CCCCCCCCCCCCSCC(NC(=O)C(F)(F)F)C(=O)O. The molecule has 0 heterocycles. The molecule has 2 N–H and O–H groups in total. The number of carbonyl (C=O) groups is 2. The highest BCUT2D eigenvalue weighted by Gasteiger charge is 2.40. The van der Waals surface area contributed by atoms with E-state index >= 15 is 0 Å². The third kappa shape index (κ3) is 14.0. The van der Waals surface area contributed by atoms with Crippen LogP contribution in [0.4, 0.5) is 13.2 Å². The van der Waals surface area contributed by atoms with Gasteiger partial charge >= 0.3 is 18.1 Å². The normalized spacial score (nSPS) is 12.8. The van der Waals surface area contributed by atoms with Crippen molar-refractivity contribution in [3.63, 3.8) is 0 Å². The van der Waals surface area contributed by atoms with Crippen LogP contribution < -0.4 is 5.32 Å². The maximum atomic E-state index is 12.1. The lowest BCUT2D eigenvalue weighted by Gasteiger charge is -2.15. The lowest BCUT2D eigenvalue weighted by atomic mass is 10.1. The third-order valence-electron chi connectivity index (χ3n) is 3.79. The van der Waals surface area contributed by atoms with Gasteiger partial charge in [0.15, 0.2) is 0 Å². The van der Waals surface area contributed by atoms with Gasteiger partial charge in [-0.15, -0.1) is 0 Å². The molecule has 0 aromatic heterocycles. The molecule has 0 aliphatic rings. The Kier molecular flexibility index (Phi) is 13.7. The summed E-state index contributed by atoms with van der Waals surface area (Å²) in [6.45, 7) is 2.20. The average molecular weight is 385 g/mol. The van der Waals surface area contributed by atoms with Crippen molar-refractivity contribution >= 4 is 23.6 Å². The number of nitrogens with one attached hydrogen (secondary N) is 1. The maximum absolute atomic E-state index is 12.1. The number of carboxylic acids is 1. The first-order valence-electron chi connectivity index (χ1n) is 8.97. The molecule has 0 saturated carbocycles. The predicted octanol–water partition coefficient (Wildman–Crippen LogP) is 4.77. The number of hydrogen-bond donors (Lipinski definition) is 2. The summed E-state index contributed by atoms with van der Waals surface area (Å²) in [6.07, 6.45) is 6.86. The number of amides is 1. The van der Waals surface area contributed by atoms with Crippen LogP contribution in [-0.4, -0.2) is 40.7 Å². The molecule has 0 rings (SSSR count). The molecule has 25 heavy (non-hydrogen) atoms. The topological polar surface area (TPSA) is 66.4 Å². The van der Waals surface area contributed by atoms with Crippen molar-refractivity contribution < 1.29 is 27.9 Å². The molecule has 0 aliphatic heterocycles. The Bertz CT molecular complexity index is 379. The summed E-state index contributed by atoms with van der Waals surface area (Å²) < 4.78 is 36.4. The molecule has 1 unspecified atom stereocenters. The second-order valence-electron chi connectivity index (χ2n) is 6.12. The summed E-state index contributed by atoms with van der Waals surface area (Å²) in [4.78, 5) is 21.7. The van der Waals surface area contributed by atoms with E-state index in [2.05, 4.69) is 6.92 Å². The van der Waals surface area contributed by atoms with Crippen LogP contribution in [-0.2, 0) is 9.59 Å². The van der Waals surface area contributed by atoms with Gasteiger partial charge < -0.3 is 10.4 Å². The molecule has 0 spiro atoms. The predicted molar refractivity (Wildman–Crippen MR) is 94.8 cm³/mol. The van der Waals surface area contributed by atoms with Crippen molar-refractivity contribution in [3.8, 4) is 0 Å². The molecule has 148 valence electrons. The van der Waals surface area contributed by atoms with E-state index in [-0.39, 0.29) is 5.75 Å². The molecule has 0 radical (unpaired) electrons. The van der Waals surface area contributed by atoms with Gasteiger partial charge in [-0.1, -0.05) is 64.7 Å². The Labute approximate surface area is 152 Å². The van der Waals surface area contributed by atoms with Gasteiger partial charge in [-0.25, -0.2) is 4.79 Å². The van der Waals surface area contributed by atoms with Crippen molar-refractivity contribution in [3.05, 3.63) is 0 Å². The molecule has 0 aromatic carbocycles. The van der Waals surface area contributed by atoms with Gasteiger partial charge in [-0.3, -0.25) is 4.79 Å². The molecule has 4 nitrogen and oxygen atoms in total. The number of hydrogen-bond acceptors (Lipinski definition) is 3. The number of carbonyl (C=O) groups excluding carboxylic acids is 1. The average Bonchev–Trinajstić information content (AvgIpc) is 2.53. The molecule has 0 fully saturated rings. The molecule has 0 aliphatic carbocycles. The Morgan fingerprint density at radius 1 is 0.960 bits per heavy atom. The van der Waals surface area contributed by atoms with Crippen LogP contribution in [0.3, 0.4) is 0 Å². The van der Waals surface area contributed by atoms with Crippen molar-refractivity contribution in [1.29, 1.82) is 0 Å². The van der Waals surface area contributed by atoms with Crippen LogP contribution in [0.25, 0.3) is 0 Å². The van der Waals surface area contributed by atoms with E-state index in [9.17, 15) is 22.8 Å². The molecular formula is C17H30F3NO3S. The van der Waals surface area contributed by atoms with Crippen LogP contribution >= 0.6 is 11.8 Å². The zero-order valence-electron chi connectivity index (χ0n) is 14.9. The van der Waals surface area contributed by atoms with Gasteiger partial charge in [0, 0.05) is 5.75 Å². The fraction of sp³-hybridized carbons (Fsp3) is 0.882. The first kappa shape index (κ1) is 24.1. The first-order chi connectivity index (χ1) is 11.8. The summed E-state index contributed by atoms with van der Waals surface area (Å²) in [5.41, 5.74) is 0. The lowest BCUT2D eigenvalue weighted by molar-refractivity contribution is -0.175. The third-order valence-corrected chi connectivity index (χ3v) is 4.93. The first-order valence-corrected chi connectivity index (χ1v) is 10.1. The van der Waals surface area contributed by atoms with Crippen molar-refractivity contribution in [2.24, 2.45) is 0 Å². The van der Waals surface area contributed by atoms with Gasteiger partial charge in [0.1, 0.15) is 6.04 Å². The summed E-state index contributed by atoms with van der Waals surface area (Å²) in [5.74, 6) is -3.04. The minimum Gasteiger partial charge on any atom is -0.480 e. The van der Waals surface area contributed by atoms with E-state index in [0.717, 1.165) is 19.3 Å². The Morgan fingerprint density at radius 2 is 1.44 bits per heavy atom. The summed E-state index contributed by atoms with van der Waals surface area (Å²) >= 11 is 1.26. The molecule has 8 heteroatoms. The quantitative estimate of drug-likeness (QED) is 0.399. The number of halogens is 3. The van der Waals surface area contributed by atoms with Gasteiger partial charge in [0.25, 0.3) is 0 Å². The van der Waals surface area contributed by atoms with Crippen molar-refractivity contribution in [2.45, 2.75) is 83.4 Å². The second-order valence-corrected chi connectivity index (χ2v) is 7.27. The Morgan fingerprint density at radius 3 is 1.88 bits per heavy atom. The van der Waals surface area contributed by atoms with E-state index in [1.807, 2.05) is 0 Å². The summed E-state index contributed by atoms with van der Waals surface area (Å²) in [5, 5.41) is 10.4. The van der Waals surface area contributed by atoms with E-state index in [0.29, 0.717) is 5.75 Å². The number of rotatable bonds is 15. The minimum atomic E-state index is -5.06. The highest BCUT2D eigenvalue weighted by atomic mass is 32.2. The smallest absolute Gasteiger partial charge is 0.471 e.